The van der Waals surface area contributed by atoms with Gasteiger partial charge in [-0.05, 0) is 59.2 Å². The van der Waals surface area contributed by atoms with Crippen LogP contribution in [0.5, 0.6) is 0 Å². The van der Waals surface area contributed by atoms with E-state index >= 15 is 0 Å². The molecule has 0 spiro atoms. The van der Waals surface area contributed by atoms with Crippen molar-refractivity contribution in [2.45, 2.75) is 25.3 Å². The number of esters is 1. The van der Waals surface area contributed by atoms with Crippen molar-refractivity contribution in [3.05, 3.63) is 106 Å². The zero-order chi connectivity index (χ0) is 19.9. The minimum Gasteiger partial charge on any atom is -0.468 e. The topological polar surface area (TPSA) is 52.3 Å². The summed E-state index contributed by atoms with van der Waals surface area (Å²) in [4.78, 5) is 11.5. The molecule has 0 fully saturated rings. The summed E-state index contributed by atoms with van der Waals surface area (Å²) in [5.74, 6) is -0.622. The third-order valence-electron chi connectivity index (χ3n) is 4.80. The molecule has 0 saturated heterocycles. The van der Waals surface area contributed by atoms with Crippen LogP contribution in [0.1, 0.15) is 27.8 Å². The molecule has 1 atom stereocenters. The van der Waals surface area contributed by atoms with Crippen molar-refractivity contribution in [1.29, 1.82) is 0 Å². The molecule has 3 aromatic carbocycles. The number of carbonyl (C=O) groups is 1. The van der Waals surface area contributed by atoms with E-state index in [1.165, 1.54) is 35.9 Å². The number of carbonyl (C=O) groups excluding carboxylic acids is 1. The molecule has 0 saturated carbocycles. The lowest BCUT2D eigenvalue weighted by Gasteiger charge is -2.12. The number of hydrogen-bond acceptors (Lipinski definition) is 3. The van der Waals surface area contributed by atoms with E-state index in [9.17, 15) is 9.18 Å². The van der Waals surface area contributed by atoms with Crippen molar-refractivity contribution in [1.82, 2.24) is 0 Å². The molecule has 0 aliphatic carbocycles. The van der Waals surface area contributed by atoms with Gasteiger partial charge < -0.3 is 10.5 Å². The van der Waals surface area contributed by atoms with Gasteiger partial charge in [-0.1, -0.05) is 60.7 Å². The van der Waals surface area contributed by atoms with Crippen molar-refractivity contribution in [2.24, 2.45) is 5.73 Å². The second-order valence-corrected chi connectivity index (χ2v) is 6.90. The SMILES string of the molecule is COC(=O)C(N)Cc1ccc(Cc2ccccc2Cc2ccc(F)cc2)cc1. The van der Waals surface area contributed by atoms with E-state index in [2.05, 4.69) is 29.0 Å². The number of rotatable bonds is 7. The molecule has 3 aromatic rings. The number of ether oxygens (including phenoxy) is 1. The number of halogens is 1. The van der Waals surface area contributed by atoms with E-state index in [0.717, 1.165) is 24.0 Å². The molecule has 0 amide bonds. The van der Waals surface area contributed by atoms with Crippen molar-refractivity contribution in [2.75, 3.05) is 7.11 Å². The van der Waals surface area contributed by atoms with Gasteiger partial charge in [-0.3, -0.25) is 4.79 Å². The van der Waals surface area contributed by atoms with Crippen molar-refractivity contribution in [3.63, 3.8) is 0 Å². The van der Waals surface area contributed by atoms with Gasteiger partial charge in [0.25, 0.3) is 0 Å². The minimum atomic E-state index is -0.646. The van der Waals surface area contributed by atoms with Gasteiger partial charge in [-0.15, -0.1) is 0 Å². The largest absolute Gasteiger partial charge is 0.468 e. The Bertz CT molecular complexity index is 920. The van der Waals surface area contributed by atoms with Crippen LogP contribution in [0, 0.1) is 5.82 Å². The predicted octanol–water partition coefficient (Wildman–Crippen LogP) is 4.05. The molecule has 0 radical (unpaired) electrons. The Kier molecular flexibility index (Phi) is 6.56. The van der Waals surface area contributed by atoms with E-state index in [4.69, 9.17) is 5.73 Å². The first-order valence-electron chi connectivity index (χ1n) is 9.27. The first kappa shape index (κ1) is 19.8. The van der Waals surface area contributed by atoms with Crippen LogP contribution in [0.2, 0.25) is 0 Å². The van der Waals surface area contributed by atoms with Crippen LogP contribution in [-0.2, 0) is 28.8 Å². The molecular weight excluding hydrogens is 353 g/mol. The fraction of sp³-hybridized carbons (Fsp3) is 0.208. The van der Waals surface area contributed by atoms with Crippen LogP contribution in [0.15, 0.2) is 72.8 Å². The van der Waals surface area contributed by atoms with Gasteiger partial charge in [0.2, 0.25) is 0 Å². The highest BCUT2D eigenvalue weighted by molar-refractivity contribution is 5.75. The molecule has 3 nitrogen and oxygen atoms in total. The van der Waals surface area contributed by atoms with Gasteiger partial charge in [-0.25, -0.2) is 4.39 Å². The van der Waals surface area contributed by atoms with E-state index in [1.54, 1.807) is 0 Å². The van der Waals surface area contributed by atoms with Gasteiger partial charge >= 0.3 is 5.97 Å². The first-order chi connectivity index (χ1) is 13.5. The minimum absolute atomic E-state index is 0.218. The van der Waals surface area contributed by atoms with Gasteiger partial charge in [0, 0.05) is 0 Å². The van der Waals surface area contributed by atoms with Crippen LogP contribution in [0.4, 0.5) is 4.39 Å². The highest BCUT2D eigenvalue weighted by atomic mass is 19.1. The van der Waals surface area contributed by atoms with E-state index < -0.39 is 12.0 Å². The molecule has 0 aliphatic heterocycles. The molecule has 3 rings (SSSR count). The van der Waals surface area contributed by atoms with Gasteiger partial charge in [-0.2, -0.15) is 0 Å². The zero-order valence-electron chi connectivity index (χ0n) is 15.9. The summed E-state index contributed by atoms with van der Waals surface area (Å²) in [5.41, 5.74) is 11.6. The summed E-state index contributed by atoms with van der Waals surface area (Å²) < 4.78 is 17.8. The Balaban J connectivity index is 1.70. The Morgan fingerprint density at radius 2 is 1.32 bits per heavy atom. The molecule has 4 heteroatoms. The monoisotopic (exact) mass is 377 g/mol. The zero-order valence-corrected chi connectivity index (χ0v) is 15.9. The van der Waals surface area contributed by atoms with E-state index in [1.807, 2.05) is 36.4 Å². The van der Waals surface area contributed by atoms with Crippen molar-refractivity contribution < 1.29 is 13.9 Å². The lowest BCUT2D eigenvalue weighted by molar-refractivity contribution is -0.142. The molecule has 1 unspecified atom stereocenters. The highest BCUT2D eigenvalue weighted by Gasteiger charge is 2.14. The predicted molar refractivity (Wildman–Crippen MR) is 109 cm³/mol. The Labute approximate surface area is 165 Å². The molecule has 0 aromatic heterocycles. The van der Waals surface area contributed by atoms with E-state index in [0.29, 0.717) is 6.42 Å². The highest BCUT2D eigenvalue weighted by Crippen LogP contribution is 2.19. The molecule has 0 aliphatic rings. The lowest BCUT2D eigenvalue weighted by Crippen LogP contribution is -2.33. The van der Waals surface area contributed by atoms with Gasteiger partial charge in [0.15, 0.2) is 0 Å². The van der Waals surface area contributed by atoms with E-state index in [-0.39, 0.29) is 5.82 Å². The summed E-state index contributed by atoms with van der Waals surface area (Å²) in [6, 6.07) is 22.4. The summed E-state index contributed by atoms with van der Waals surface area (Å²) >= 11 is 0. The number of nitrogens with two attached hydrogens (primary N) is 1. The maximum atomic E-state index is 13.1. The average molecular weight is 377 g/mol. The lowest BCUT2D eigenvalue weighted by atomic mass is 9.94. The normalized spacial score (nSPS) is 11.8. The second kappa shape index (κ2) is 9.29. The Morgan fingerprint density at radius 1 is 0.857 bits per heavy atom. The second-order valence-electron chi connectivity index (χ2n) is 6.90. The molecule has 2 N–H and O–H groups in total. The third kappa shape index (κ3) is 5.27. The number of methoxy groups -OCH3 is 1. The number of benzene rings is 3. The van der Waals surface area contributed by atoms with Gasteiger partial charge in [0.05, 0.1) is 7.11 Å². The average Bonchev–Trinajstić information content (AvgIpc) is 2.72. The summed E-state index contributed by atoms with van der Waals surface area (Å²) in [5, 5.41) is 0. The van der Waals surface area contributed by atoms with Crippen LogP contribution in [0.25, 0.3) is 0 Å². The van der Waals surface area contributed by atoms with Crippen LogP contribution in [-0.4, -0.2) is 19.1 Å². The van der Waals surface area contributed by atoms with Crippen LogP contribution >= 0.6 is 0 Å². The maximum absolute atomic E-state index is 13.1. The maximum Gasteiger partial charge on any atom is 0.322 e. The van der Waals surface area contributed by atoms with Crippen molar-refractivity contribution >= 4 is 5.97 Å². The Morgan fingerprint density at radius 3 is 1.82 bits per heavy atom. The number of hydrogen-bond donors (Lipinski definition) is 1. The summed E-state index contributed by atoms with van der Waals surface area (Å²) in [6.07, 6.45) is 2.03. The first-order valence-corrected chi connectivity index (χ1v) is 9.27. The standard InChI is InChI=1S/C24H24FNO2/c1-28-24(27)23(26)16-19-8-6-17(7-9-19)14-20-4-2-3-5-21(20)15-18-10-12-22(25)13-11-18/h2-13,23H,14-16,26H2,1H3. The molecule has 28 heavy (non-hydrogen) atoms. The molecular formula is C24H24FNO2. The van der Waals surface area contributed by atoms with Gasteiger partial charge in [0.1, 0.15) is 11.9 Å². The third-order valence-corrected chi connectivity index (χ3v) is 4.80. The quantitative estimate of drug-likeness (QED) is 0.632. The molecule has 0 bridgehead atoms. The van der Waals surface area contributed by atoms with Crippen LogP contribution < -0.4 is 5.73 Å². The van der Waals surface area contributed by atoms with Crippen molar-refractivity contribution in [3.8, 4) is 0 Å². The van der Waals surface area contributed by atoms with Crippen LogP contribution in [0.3, 0.4) is 0 Å². The fourth-order valence-electron chi connectivity index (χ4n) is 3.23. The summed E-state index contributed by atoms with van der Waals surface area (Å²) in [6.45, 7) is 0. The smallest absolute Gasteiger partial charge is 0.322 e. The Hall–Kier alpha value is -2.98. The molecule has 144 valence electrons. The molecule has 0 heterocycles. The summed E-state index contributed by atoms with van der Waals surface area (Å²) in [7, 11) is 1.34. The fourth-order valence-corrected chi connectivity index (χ4v) is 3.23.